The van der Waals surface area contributed by atoms with E-state index in [1.807, 2.05) is 13.2 Å². The molecule has 0 aliphatic carbocycles. The number of aromatic amines is 1. The maximum absolute atomic E-state index is 11.1. The summed E-state index contributed by atoms with van der Waals surface area (Å²) in [5.41, 5.74) is 0.949. The standard InChI is InChI=1S/C7H11N3OS/c1-5-3-8-10-7(5)9-6(11)4-12-2/h3H,4H2,1-2H3,(H2,8,9,10,11). The first-order valence-corrected chi connectivity index (χ1v) is 4.92. The lowest BCUT2D eigenvalue weighted by atomic mass is 10.4. The lowest BCUT2D eigenvalue weighted by Crippen LogP contribution is -2.14. The zero-order chi connectivity index (χ0) is 8.97. The number of anilines is 1. The Hall–Kier alpha value is -0.970. The van der Waals surface area contributed by atoms with Crippen molar-refractivity contribution >= 4 is 23.5 Å². The molecule has 0 saturated heterocycles. The molecule has 4 nitrogen and oxygen atoms in total. The summed E-state index contributed by atoms with van der Waals surface area (Å²) in [6.07, 6.45) is 3.56. The molecule has 0 aliphatic heterocycles. The van der Waals surface area contributed by atoms with Gasteiger partial charge in [-0.25, -0.2) is 0 Å². The second-order valence-electron chi connectivity index (χ2n) is 2.41. The Morgan fingerprint density at radius 3 is 3.08 bits per heavy atom. The van der Waals surface area contributed by atoms with Crippen LogP contribution < -0.4 is 5.32 Å². The highest BCUT2D eigenvalue weighted by Crippen LogP contribution is 2.08. The Bertz CT molecular complexity index is 271. The molecule has 0 unspecified atom stereocenters. The van der Waals surface area contributed by atoms with E-state index in [9.17, 15) is 4.79 Å². The predicted molar refractivity (Wildman–Crippen MR) is 50.3 cm³/mol. The molecule has 1 amide bonds. The number of amides is 1. The van der Waals surface area contributed by atoms with Crippen molar-refractivity contribution in [1.29, 1.82) is 0 Å². The molecular formula is C7H11N3OS. The number of hydrogen-bond acceptors (Lipinski definition) is 3. The molecular weight excluding hydrogens is 174 g/mol. The third-order valence-electron chi connectivity index (χ3n) is 1.37. The molecule has 0 saturated carbocycles. The summed E-state index contributed by atoms with van der Waals surface area (Å²) in [6, 6.07) is 0. The van der Waals surface area contributed by atoms with Crippen molar-refractivity contribution in [2.45, 2.75) is 6.92 Å². The maximum Gasteiger partial charge on any atom is 0.235 e. The van der Waals surface area contributed by atoms with Gasteiger partial charge < -0.3 is 5.32 Å². The number of rotatable bonds is 3. The van der Waals surface area contributed by atoms with E-state index < -0.39 is 0 Å². The van der Waals surface area contributed by atoms with Gasteiger partial charge in [-0.1, -0.05) is 0 Å². The van der Waals surface area contributed by atoms with E-state index in [0.29, 0.717) is 11.6 Å². The lowest BCUT2D eigenvalue weighted by molar-refractivity contribution is -0.113. The molecule has 12 heavy (non-hydrogen) atoms. The van der Waals surface area contributed by atoms with Crippen LogP contribution in [0.1, 0.15) is 5.56 Å². The number of carbonyl (C=O) groups excluding carboxylic acids is 1. The Labute approximate surface area is 75.1 Å². The SMILES string of the molecule is CSCC(=O)Nc1[nH]ncc1C. The monoisotopic (exact) mass is 185 g/mol. The molecule has 5 heteroatoms. The molecule has 1 heterocycles. The number of aromatic nitrogens is 2. The van der Waals surface area contributed by atoms with Crippen molar-refractivity contribution in [1.82, 2.24) is 10.2 Å². The van der Waals surface area contributed by atoms with Crippen molar-refractivity contribution in [3.05, 3.63) is 11.8 Å². The average molecular weight is 185 g/mol. The summed E-state index contributed by atoms with van der Waals surface area (Å²) in [5.74, 6) is 1.15. The first-order valence-electron chi connectivity index (χ1n) is 3.53. The molecule has 0 aliphatic rings. The molecule has 1 rings (SSSR count). The third-order valence-corrected chi connectivity index (χ3v) is 1.92. The fourth-order valence-electron chi connectivity index (χ4n) is 0.780. The number of hydrogen-bond donors (Lipinski definition) is 2. The van der Waals surface area contributed by atoms with Gasteiger partial charge in [0.2, 0.25) is 5.91 Å². The normalized spacial score (nSPS) is 9.83. The van der Waals surface area contributed by atoms with Crippen LogP contribution >= 0.6 is 11.8 Å². The number of carbonyl (C=O) groups is 1. The van der Waals surface area contributed by atoms with Crippen LogP contribution in [0.4, 0.5) is 5.82 Å². The predicted octanol–water partition coefficient (Wildman–Crippen LogP) is 1.02. The highest BCUT2D eigenvalue weighted by atomic mass is 32.2. The fraction of sp³-hybridized carbons (Fsp3) is 0.429. The molecule has 0 radical (unpaired) electrons. The topological polar surface area (TPSA) is 57.8 Å². The number of nitrogens with one attached hydrogen (secondary N) is 2. The van der Waals surface area contributed by atoms with E-state index in [4.69, 9.17) is 0 Å². The minimum Gasteiger partial charge on any atom is -0.310 e. The van der Waals surface area contributed by atoms with Crippen LogP contribution in [0.15, 0.2) is 6.20 Å². The Morgan fingerprint density at radius 2 is 2.58 bits per heavy atom. The molecule has 1 aromatic heterocycles. The minimum absolute atomic E-state index is 0.00477. The zero-order valence-corrected chi connectivity index (χ0v) is 7.86. The van der Waals surface area contributed by atoms with Crippen LogP contribution in [-0.4, -0.2) is 28.1 Å². The summed E-state index contributed by atoms with van der Waals surface area (Å²) in [7, 11) is 0. The lowest BCUT2D eigenvalue weighted by Gasteiger charge is -2.00. The van der Waals surface area contributed by atoms with E-state index in [0.717, 1.165) is 5.56 Å². The molecule has 2 N–H and O–H groups in total. The van der Waals surface area contributed by atoms with Gasteiger partial charge in [0.1, 0.15) is 5.82 Å². The second-order valence-corrected chi connectivity index (χ2v) is 3.28. The smallest absolute Gasteiger partial charge is 0.235 e. The molecule has 1 aromatic rings. The number of aryl methyl sites for hydroxylation is 1. The first kappa shape index (κ1) is 9.12. The van der Waals surface area contributed by atoms with Crippen LogP contribution in [0.3, 0.4) is 0 Å². The van der Waals surface area contributed by atoms with Gasteiger partial charge in [-0.15, -0.1) is 0 Å². The Balaban J connectivity index is 2.52. The maximum atomic E-state index is 11.1. The largest absolute Gasteiger partial charge is 0.310 e. The quantitative estimate of drug-likeness (QED) is 0.739. The highest BCUT2D eigenvalue weighted by molar-refractivity contribution is 7.99. The third kappa shape index (κ3) is 2.27. The number of nitrogens with zero attached hydrogens (tertiary/aromatic N) is 1. The van der Waals surface area contributed by atoms with E-state index in [1.54, 1.807) is 6.20 Å². The molecule has 0 fully saturated rings. The van der Waals surface area contributed by atoms with E-state index in [2.05, 4.69) is 15.5 Å². The Kier molecular flexibility index (Phi) is 3.16. The molecule has 0 aromatic carbocycles. The van der Waals surface area contributed by atoms with Crippen molar-refractivity contribution in [2.75, 3.05) is 17.3 Å². The molecule has 0 spiro atoms. The number of thioether (sulfide) groups is 1. The molecule has 0 bridgehead atoms. The van der Waals surface area contributed by atoms with Crippen molar-refractivity contribution in [2.24, 2.45) is 0 Å². The van der Waals surface area contributed by atoms with Gasteiger partial charge in [0.05, 0.1) is 11.9 Å². The van der Waals surface area contributed by atoms with Gasteiger partial charge in [-0.05, 0) is 13.2 Å². The van der Waals surface area contributed by atoms with Gasteiger partial charge in [-0.3, -0.25) is 9.89 Å². The number of H-pyrrole nitrogens is 1. The van der Waals surface area contributed by atoms with Crippen LogP contribution in [-0.2, 0) is 4.79 Å². The van der Waals surface area contributed by atoms with Crippen LogP contribution in [0.25, 0.3) is 0 Å². The zero-order valence-electron chi connectivity index (χ0n) is 7.05. The van der Waals surface area contributed by atoms with Gasteiger partial charge in [0, 0.05) is 5.56 Å². The van der Waals surface area contributed by atoms with Crippen molar-refractivity contribution in [3.8, 4) is 0 Å². The van der Waals surface area contributed by atoms with Gasteiger partial charge in [0.15, 0.2) is 0 Å². The Morgan fingerprint density at radius 1 is 1.83 bits per heavy atom. The summed E-state index contributed by atoms with van der Waals surface area (Å²) < 4.78 is 0. The summed E-state index contributed by atoms with van der Waals surface area (Å²) in [4.78, 5) is 11.1. The van der Waals surface area contributed by atoms with E-state index >= 15 is 0 Å². The molecule has 66 valence electrons. The van der Waals surface area contributed by atoms with Crippen LogP contribution in [0.5, 0.6) is 0 Å². The van der Waals surface area contributed by atoms with E-state index in [1.165, 1.54) is 11.8 Å². The fourth-order valence-corrected chi connectivity index (χ4v) is 1.11. The van der Waals surface area contributed by atoms with Gasteiger partial charge in [-0.2, -0.15) is 16.9 Å². The van der Waals surface area contributed by atoms with Gasteiger partial charge in [0.25, 0.3) is 0 Å². The van der Waals surface area contributed by atoms with Gasteiger partial charge >= 0.3 is 0 Å². The van der Waals surface area contributed by atoms with Crippen LogP contribution in [0.2, 0.25) is 0 Å². The summed E-state index contributed by atoms with van der Waals surface area (Å²) in [6.45, 7) is 1.89. The second kappa shape index (κ2) is 4.15. The first-order chi connectivity index (χ1) is 5.74. The highest BCUT2D eigenvalue weighted by Gasteiger charge is 2.04. The van der Waals surface area contributed by atoms with E-state index in [-0.39, 0.29) is 5.91 Å². The van der Waals surface area contributed by atoms with Crippen molar-refractivity contribution in [3.63, 3.8) is 0 Å². The average Bonchev–Trinajstić information content (AvgIpc) is 2.37. The van der Waals surface area contributed by atoms with Crippen molar-refractivity contribution < 1.29 is 4.79 Å². The molecule has 0 atom stereocenters. The van der Waals surface area contributed by atoms with Crippen LogP contribution in [0, 0.1) is 6.92 Å². The minimum atomic E-state index is -0.00477. The summed E-state index contributed by atoms with van der Waals surface area (Å²) in [5, 5.41) is 9.21. The summed E-state index contributed by atoms with van der Waals surface area (Å²) >= 11 is 1.49.